The van der Waals surface area contributed by atoms with Gasteiger partial charge in [-0.05, 0) is 28.3 Å². The number of H-pyrrole nitrogens is 1. The molecule has 74 valence electrons. The van der Waals surface area contributed by atoms with Crippen LogP contribution >= 0.6 is 15.9 Å². The first-order chi connectivity index (χ1) is 6.06. The van der Waals surface area contributed by atoms with Gasteiger partial charge in [0, 0.05) is 6.54 Å². The molecule has 0 saturated heterocycles. The van der Waals surface area contributed by atoms with Crippen molar-refractivity contribution in [3.63, 3.8) is 0 Å². The molecular formula is C9H15BrN2O. The molecule has 0 spiro atoms. The second kappa shape index (κ2) is 4.13. The summed E-state index contributed by atoms with van der Waals surface area (Å²) in [6, 6.07) is 0. The Kier molecular flexibility index (Phi) is 3.36. The third-order valence-corrected chi connectivity index (χ3v) is 2.69. The number of aromatic nitrogens is 2. The summed E-state index contributed by atoms with van der Waals surface area (Å²) < 4.78 is 2.34. The van der Waals surface area contributed by atoms with Gasteiger partial charge in [-0.3, -0.25) is 14.6 Å². The average Bonchev–Trinajstić information content (AvgIpc) is 2.32. The van der Waals surface area contributed by atoms with Crippen LogP contribution in [0.2, 0.25) is 0 Å². The summed E-state index contributed by atoms with van der Waals surface area (Å²) >= 11 is 3.29. The number of nitrogens with zero attached hydrogens (tertiary/aromatic N) is 1. The number of hydrogen-bond acceptors (Lipinski definition) is 1. The van der Waals surface area contributed by atoms with E-state index in [0.29, 0.717) is 10.4 Å². The highest BCUT2D eigenvalue weighted by molar-refractivity contribution is 9.10. The highest BCUT2D eigenvalue weighted by Gasteiger charge is 2.10. The fraction of sp³-hybridized carbons (Fsp3) is 0.667. The van der Waals surface area contributed by atoms with Crippen molar-refractivity contribution in [2.24, 2.45) is 5.92 Å². The van der Waals surface area contributed by atoms with Gasteiger partial charge in [0.05, 0.1) is 5.69 Å². The molecule has 0 bridgehead atoms. The topological polar surface area (TPSA) is 37.8 Å². The van der Waals surface area contributed by atoms with E-state index >= 15 is 0 Å². The minimum absolute atomic E-state index is 0.0468. The van der Waals surface area contributed by atoms with Gasteiger partial charge < -0.3 is 0 Å². The normalized spacial score (nSPS) is 11.2. The molecular weight excluding hydrogens is 232 g/mol. The minimum atomic E-state index is 0.0468. The summed E-state index contributed by atoms with van der Waals surface area (Å²) in [4.78, 5) is 11.6. The Bertz CT molecular complexity index is 338. The molecule has 0 atom stereocenters. The van der Waals surface area contributed by atoms with E-state index in [2.05, 4.69) is 34.9 Å². The van der Waals surface area contributed by atoms with E-state index in [9.17, 15) is 4.79 Å². The van der Waals surface area contributed by atoms with E-state index in [-0.39, 0.29) is 5.56 Å². The summed E-state index contributed by atoms with van der Waals surface area (Å²) in [5.41, 5.74) is 1.02. The van der Waals surface area contributed by atoms with E-state index in [1.54, 1.807) is 4.68 Å². The smallest absolute Gasteiger partial charge is 0.281 e. The van der Waals surface area contributed by atoms with Crippen LogP contribution in [0, 0.1) is 5.92 Å². The van der Waals surface area contributed by atoms with Gasteiger partial charge in [-0.2, -0.15) is 0 Å². The zero-order chi connectivity index (χ0) is 10.0. The van der Waals surface area contributed by atoms with Gasteiger partial charge in [0.2, 0.25) is 0 Å². The van der Waals surface area contributed by atoms with Crippen molar-refractivity contribution in [3.05, 3.63) is 20.5 Å². The number of hydrogen-bond donors (Lipinski definition) is 1. The van der Waals surface area contributed by atoms with Gasteiger partial charge >= 0.3 is 0 Å². The van der Waals surface area contributed by atoms with Crippen molar-refractivity contribution in [2.45, 2.75) is 33.7 Å². The summed E-state index contributed by atoms with van der Waals surface area (Å²) in [5.74, 6) is 0.480. The minimum Gasteiger partial charge on any atom is -0.299 e. The molecule has 1 aromatic rings. The molecule has 0 amide bonds. The number of aryl methyl sites for hydroxylation is 1. The first-order valence-electron chi connectivity index (χ1n) is 4.53. The zero-order valence-electron chi connectivity index (χ0n) is 8.22. The number of rotatable bonds is 3. The SMILES string of the molecule is CCc1[nH]n(CC(C)C)c(=O)c1Br. The maximum atomic E-state index is 11.6. The Balaban J connectivity index is 3.03. The van der Waals surface area contributed by atoms with Crippen LogP contribution in [0.4, 0.5) is 0 Å². The van der Waals surface area contributed by atoms with E-state index in [1.165, 1.54) is 0 Å². The van der Waals surface area contributed by atoms with E-state index in [4.69, 9.17) is 0 Å². The second-order valence-electron chi connectivity index (χ2n) is 3.57. The van der Waals surface area contributed by atoms with Crippen molar-refractivity contribution in [1.29, 1.82) is 0 Å². The van der Waals surface area contributed by atoms with Crippen LogP contribution in [0.5, 0.6) is 0 Å². The van der Waals surface area contributed by atoms with Gasteiger partial charge in [0.15, 0.2) is 0 Å². The second-order valence-corrected chi connectivity index (χ2v) is 4.36. The maximum absolute atomic E-state index is 11.6. The number of aromatic amines is 1. The summed E-state index contributed by atoms with van der Waals surface area (Å²) in [5, 5.41) is 3.09. The third-order valence-electron chi connectivity index (χ3n) is 1.87. The lowest BCUT2D eigenvalue weighted by Crippen LogP contribution is -2.19. The van der Waals surface area contributed by atoms with Crippen LogP contribution < -0.4 is 5.56 Å². The fourth-order valence-corrected chi connectivity index (χ4v) is 1.82. The first-order valence-corrected chi connectivity index (χ1v) is 5.32. The molecule has 0 fully saturated rings. The molecule has 13 heavy (non-hydrogen) atoms. The van der Waals surface area contributed by atoms with Crippen LogP contribution in [0.1, 0.15) is 26.5 Å². The first kappa shape index (κ1) is 10.6. The third kappa shape index (κ3) is 2.24. The van der Waals surface area contributed by atoms with Gasteiger partial charge in [-0.15, -0.1) is 0 Å². The zero-order valence-corrected chi connectivity index (χ0v) is 9.81. The molecule has 1 aromatic heterocycles. The predicted octanol–water partition coefficient (Wildman–Crippen LogP) is 2.16. The van der Waals surface area contributed by atoms with Gasteiger partial charge in [-0.25, -0.2) is 0 Å². The summed E-state index contributed by atoms with van der Waals surface area (Å²) in [6.07, 6.45) is 0.848. The molecule has 0 aliphatic carbocycles. The molecule has 1 N–H and O–H groups in total. The van der Waals surface area contributed by atoms with Crippen molar-refractivity contribution < 1.29 is 0 Å². The van der Waals surface area contributed by atoms with Crippen LogP contribution in [0.3, 0.4) is 0 Å². The average molecular weight is 247 g/mol. The Hall–Kier alpha value is -0.510. The predicted molar refractivity (Wildman–Crippen MR) is 57.0 cm³/mol. The number of nitrogens with one attached hydrogen (secondary N) is 1. The van der Waals surface area contributed by atoms with Crippen molar-refractivity contribution >= 4 is 15.9 Å². The fourth-order valence-electron chi connectivity index (χ4n) is 1.24. The Morgan fingerprint density at radius 3 is 2.54 bits per heavy atom. The summed E-state index contributed by atoms with van der Waals surface area (Å²) in [7, 11) is 0. The van der Waals surface area contributed by atoms with Crippen molar-refractivity contribution in [1.82, 2.24) is 9.78 Å². The molecule has 0 saturated carbocycles. The molecule has 1 rings (SSSR count). The summed E-state index contributed by atoms with van der Waals surface area (Å²) in [6.45, 7) is 6.95. The van der Waals surface area contributed by atoms with Gasteiger partial charge in [0.1, 0.15) is 4.47 Å². The van der Waals surface area contributed by atoms with E-state index < -0.39 is 0 Å². The van der Waals surface area contributed by atoms with Crippen LogP contribution in [0.15, 0.2) is 9.27 Å². The van der Waals surface area contributed by atoms with Crippen molar-refractivity contribution in [2.75, 3.05) is 0 Å². The highest BCUT2D eigenvalue weighted by Crippen LogP contribution is 2.10. The molecule has 1 heterocycles. The standard InChI is InChI=1S/C9H15BrN2O/c1-4-7-8(10)9(13)12(11-7)5-6(2)3/h6,11H,4-5H2,1-3H3. The molecule has 0 aliphatic heterocycles. The molecule has 0 aromatic carbocycles. The molecule has 4 heteroatoms. The van der Waals surface area contributed by atoms with Crippen LogP contribution in [-0.2, 0) is 13.0 Å². The van der Waals surface area contributed by atoms with Crippen molar-refractivity contribution in [3.8, 4) is 0 Å². The lowest BCUT2D eigenvalue weighted by molar-refractivity contribution is 0.470. The molecule has 0 unspecified atom stereocenters. The van der Waals surface area contributed by atoms with Gasteiger partial charge in [0.25, 0.3) is 5.56 Å². The monoisotopic (exact) mass is 246 g/mol. The lowest BCUT2D eigenvalue weighted by atomic mass is 10.2. The van der Waals surface area contributed by atoms with E-state index in [0.717, 1.165) is 18.7 Å². The molecule has 3 nitrogen and oxygen atoms in total. The van der Waals surface area contributed by atoms with E-state index in [1.807, 2.05) is 6.92 Å². The number of halogens is 1. The molecule has 0 aliphatic rings. The largest absolute Gasteiger partial charge is 0.299 e. The van der Waals surface area contributed by atoms with Crippen LogP contribution in [0.25, 0.3) is 0 Å². The Morgan fingerprint density at radius 1 is 1.54 bits per heavy atom. The van der Waals surface area contributed by atoms with Gasteiger partial charge in [-0.1, -0.05) is 20.8 Å². The lowest BCUT2D eigenvalue weighted by Gasteiger charge is -2.03. The Labute approximate surface area is 86.3 Å². The Morgan fingerprint density at radius 2 is 2.15 bits per heavy atom. The van der Waals surface area contributed by atoms with Crippen LogP contribution in [-0.4, -0.2) is 9.78 Å². The quantitative estimate of drug-likeness (QED) is 0.873. The maximum Gasteiger partial charge on any atom is 0.281 e. The highest BCUT2D eigenvalue weighted by atomic mass is 79.9. The molecule has 0 radical (unpaired) electrons.